The predicted octanol–water partition coefficient (Wildman–Crippen LogP) is 4.43. The van der Waals surface area contributed by atoms with Crippen molar-refractivity contribution in [1.29, 1.82) is 0 Å². The van der Waals surface area contributed by atoms with Gasteiger partial charge in [-0.1, -0.05) is 31.0 Å². The van der Waals surface area contributed by atoms with Crippen LogP contribution in [0.5, 0.6) is 0 Å². The molecule has 1 fully saturated rings. The lowest BCUT2D eigenvalue weighted by molar-refractivity contribution is 0.274. The summed E-state index contributed by atoms with van der Waals surface area (Å²) in [7, 11) is -3.36. The maximum absolute atomic E-state index is 13.2. The number of nitrogens with zero attached hydrogens (tertiary/aromatic N) is 1. The van der Waals surface area contributed by atoms with E-state index in [1.807, 2.05) is 19.1 Å². The van der Waals surface area contributed by atoms with Gasteiger partial charge in [-0.15, -0.1) is 0 Å². The van der Waals surface area contributed by atoms with Crippen LogP contribution >= 0.6 is 0 Å². The standard InChI is InChI=1S/C19H27NO2S/c1-3-4-7-18-19(13-10-16-6-5-14-20(16)18)23(21,22)17-11-8-15(2)9-12-17/h8-9,11-12,16H,3-7,10,13-14H2,1-2H3/t16-/m0/s1. The van der Waals surface area contributed by atoms with E-state index in [9.17, 15) is 8.42 Å². The molecule has 1 aromatic carbocycles. The van der Waals surface area contributed by atoms with Crippen molar-refractivity contribution in [2.24, 2.45) is 0 Å². The minimum Gasteiger partial charge on any atom is -0.371 e. The number of rotatable bonds is 5. The molecule has 1 aromatic rings. The molecule has 3 nitrogen and oxygen atoms in total. The second-order valence-electron chi connectivity index (χ2n) is 6.82. The predicted molar refractivity (Wildman–Crippen MR) is 93.9 cm³/mol. The van der Waals surface area contributed by atoms with E-state index in [1.165, 1.54) is 12.8 Å². The molecule has 0 saturated carbocycles. The number of sulfone groups is 1. The fourth-order valence-electron chi connectivity index (χ4n) is 3.87. The first-order valence-electron chi connectivity index (χ1n) is 8.84. The summed E-state index contributed by atoms with van der Waals surface area (Å²) in [6.45, 7) is 5.17. The van der Waals surface area contributed by atoms with E-state index in [1.54, 1.807) is 12.1 Å². The van der Waals surface area contributed by atoms with Crippen molar-refractivity contribution < 1.29 is 8.42 Å². The molecule has 1 saturated heterocycles. The van der Waals surface area contributed by atoms with Crippen molar-refractivity contribution in [3.8, 4) is 0 Å². The van der Waals surface area contributed by atoms with Crippen LogP contribution in [0.1, 0.15) is 57.4 Å². The molecule has 0 spiro atoms. The molecule has 3 rings (SSSR count). The molecular weight excluding hydrogens is 306 g/mol. The van der Waals surface area contributed by atoms with E-state index in [4.69, 9.17) is 0 Å². The van der Waals surface area contributed by atoms with Crippen LogP contribution in [0.3, 0.4) is 0 Å². The molecule has 2 heterocycles. The van der Waals surface area contributed by atoms with Gasteiger partial charge in [0, 0.05) is 18.3 Å². The Labute approximate surface area is 140 Å². The molecule has 1 atom stereocenters. The molecule has 0 bridgehead atoms. The van der Waals surface area contributed by atoms with Crippen LogP contribution in [-0.2, 0) is 9.84 Å². The number of aryl methyl sites for hydroxylation is 1. The maximum atomic E-state index is 13.2. The third-order valence-corrected chi connectivity index (χ3v) is 7.15. The topological polar surface area (TPSA) is 37.4 Å². The maximum Gasteiger partial charge on any atom is 0.204 e. The van der Waals surface area contributed by atoms with E-state index in [2.05, 4.69) is 11.8 Å². The summed E-state index contributed by atoms with van der Waals surface area (Å²) in [6, 6.07) is 7.86. The summed E-state index contributed by atoms with van der Waals surface area (Å²) in [5.41, 5.74) is 2.20. The van der Waals surface area contributed by atoms with E-state index in [0.717, 1.165) is 43.5 Å². The van der Waals surface area contributed by atoms with Gasteiger partial charge < -0.3 is 4.90 Å². The number of fused-ring (bicyclic) bond motifs is 1. The SMILES string of the molecule is CCCCC1=C(S(=O)(=O)c2ccc(C)cc2)CC[C@@H]2CCCN12. The zero-order valence-electron chi connectivity index (χ0n) is 14.2. The second-order valence-corrected chi connectivity index (χ2v) is 8.79. The first kappa shape index (κ1) is 16.6. The Morgan fingerprint density at radius 2 is 1.91 bits per heavy atom. The zero-order valence-corrected chi connectivity index (χ0v) is 15.0. The van der Waals surface area contributed by atoms with Crippen molar-refractivity contribution in [2.75, 3.05) is 6.54 Å². The van der Waals surface area contributed by atoms with Gasteiger partial charge in [0.15, 0.2) is 0 Å². The summed E-state index contributed by atoms with van der Waals surface area (Å²) in [6.07, 6.45) is 7.15. The number of allylic oxidation sites excluding steroid dienone is 2. The second kappa shape index (κ2) is 6.68. The summed E-state index contributed by atoms with van der Waals surface area (Å²) < 4.78 is 26.4. The largest absolute Gasteiger partial charge is 0.371 e. The molecule has 0 aromatic heterocycles. The fraction of sp³-hybridized carbons (Fsp3) is 0.579. The molecule has 0 radical (unpaired) electrons. The highest BCUT2D eigenvalue weighted by molar-refractivity contribution is 7.95. The Bertz CT molecular complexity index is 689. The Balaban J connectivity index is 2.03. The van der Waals surface area contributed by atoms with Gasteiger partial charge in [-0.2, -0.15) is 0 Å². The van der Waals surface area contributed by atoms with Crippen molar-refractivity contribution in [3.05, 3.63) is 40.4 Å². The first-order valence-corrected chi connectivity index (χ1v) is 10.3. The molecule has 4 heteroatoms. The minimum atomic E-state index is -3.36. The van der Waals surface area contributed by atoms with Crippen LogP contribution in [0.2, 0.25) is 0 Å². The molecule has 0 N–H and O–H groups in total. The van der Waals surface area contributed by atoms with Gasteiger partial charge in [0.25, 0.3) is 0 Å². The van der Waals surface area contributed by atoms with Crippen molar-refractivity contribution in [3.63, 3.8) is 0 Å². The average molecular weight is 333 g/mol. The summed E-state index contributed by atoms with van der Waals surface area (Å²) >= 11 is 0. The highest BCUT2D eigenvalue weighted by atomic mass is 32.2. The van der Waals surface area contributed by atoms with E-state index >= 15 is 0 Å². The highest BCUT2D eigenvalue weighted by Crippen LogP contribution is 2.39. The van der Waals surface area contributed by atoms with Gasteiger partial charge in [0.1, 0.15) is 0 Å². The average Bonchev–Trinajstić information content (AvgIpc) is 3.01. The Kier molecular flexibility index (Phi) is 4.81. The molecule has 2 aliphatic rings. The molecule has 126 valence electrons. The molecule has 23 heavy (non-hydrogen) atoms. The smallest absolute Gasteiger partial charge is 0.204 e. The van der Waals surface area contributed by atoms with Crippen LogP contribution in [0.25, 0.3) is 0 Å². The molecule has 0 aliphatic carbocycles. The van der Waals surface area contributed by atoms with Gasteiger partial charge in [0.05, 0.1) is 9.80 Å². The summed E-state index contributed by atoms with van der Waals surface area (Å²) in [4.78, 5) is 3.54. The third kappa shape index (κ3) is 3.18. The zero-order chi connectivity index (χ0) is 16.4. The number of hydrogen-bond acceptors (Lipinski definition) is 3. The van der Waals surface area contributed by atoms with Crippen LogP contribution in [0, 0.1) is 6.92 Å². The van der Waals surface area contributed by atoms with Crippen LogP contribution in [-0.4, -0.2) is 25.9 Å². The van der Waals surface area contributed by atoms with Gasteiger partial charge in [-0.25, -0.2) is 8.42 Å². The van der Waals surface area contributed by atoms with Crippen molar-refractivity contribution in [1.82, 2.24) is 4.90 Å². The lowest BCUT2D eigenvalue weighted by atomic mass is 10.0. The van der Waals surface area contributed by atoms with Crippen LogP contribution in [0.15, 0.2) is 39.8 Å². The van der Waals surface area contributed by atoms with Gasteiger partial charge >= 0.3 is 0 Å². The summed E-state index contributed by atoms with van der Waals surface area (Å²) in [5.74, 6) is 0. The first-order chi connectivity index (χ1) is 11.0. The molecule has 0 amide bonds. The van der Waals surface area contributed by atoms with Gasteiger partial charge in [-0.05, 0) is 57.6 Å². The molecular formula is C19H27NO2S. The Hall–Kier alpha value is -1.29. The van der Waals surface area contributed by atoms with Crippen LogP contribution in [0.4, 0.5) is 0 Å². The van der Waals surface area contributed by atoms with E-state index in [-0.39, 0.29) is 0 Å². The molecule has 2 aliphatic heterocycles. The van der Waals surface area contributed by atoms with E-state index < -0.39 is 9.84 Å². The lowest BCUT2D eigenvalue weighted by Gasteiger charge is -2.36. The quantitative estimate of drug-likeness (QED) is 0.800. The van der Waals surface area contributed by atoms with Crippen molar-refractivity contribution in [2.45, 2.75) is 69.7 Å². The number of hydrogen-bond donors (Lipinski definition) is 0. The molecule has 0 unspecified atom stereocenters. The fourth-order valence-corrected chi connectivity index (χ4v) is 5.56. The Morgan fingerprint density at radius 1 is 1.17 bits per heavy atom. The normalized spacial score (nSPS) is 21.7. The number of unbranched alkanes of at least 4 members (excludes halogenated alkanes) is 1. The van der Waals surface area contributed by atoms with Crippen LogP contribution < -0.4 is 0 Å². The summed E-state index contributed by atoms with van der Waals surface area (Å²) in [5, 5.41) is 0. The van der Waals surface area contributed by atoms with Gasteiger partial charge in [0.2, 0.25) is 9.84 Å². The monoisotopic (exact) mass is 333 g/mol. The minimum absolute atomic E-state index is 0.449. The van der Waals surface area contributed by atoms with E-state index in [0.29, 0.717) is 22.3 Å². The third-order valence-electron chi connectivity index (χ3n) is 5.17. The lowest BCUT2D eigenvalue weighted by Crippen LogP contribution is -2.35. The number of benzene rings is 1. The van der Waals surface area contributed by atoms with Crippen molar-refractivity contribution >= 4 is 9.84 Å². The van der Waals surface area contributed by atoms with Gasteiger partial charge in [-0.3, -0.25) is 0 Å². The highest BCUT2D eigenvalue weighted by Gasteiger charge is 2.36. The Morgan fingerprint density at radius 3 is 2.61 bits per heavy atom.